The minimum absolute atomic E-state index is 0.0670. The normalized spacial score (nSPS) is 13.5. The molecule has 1 aliphatic rings. The molecule has 2 amide bonds. The molecule has 0 spiro atoms. The number of aromatic nitrogens is 3. The van der Waals surface area contributed by atoms with Crippen LogP contribution in [-0.4, -0.2) is 32.7 Å². The Labute approximate surface area is 179 Å². The lowest BCUT2D eigenvalue weighted by molar-refractivity contribution is 0.0950. The Morgan fingerprint density at radius 3 is 2.87 bits per heavy atom. The van der Waals surface area contributed by atoms with Crippen molar-refractivity contribution in [3.8, 4) is 0 Å². The van der Waals surface area contributed by atoms with Crippen LogP contribution in [0, 0.1) is 0 Å². The van der Waals surface area contributed by atoms with Crippen molar-refractivity contribution in [1.82, 2.24) is 19.7 Å². The number of hydrogen-bond acceptors (Lipinski definition) is 3. The van der Waals surface area contributed by atoms with Crippen LogP contribution in [0.25, 0.3) is 10.9 Å². The van der Waals surface area contributed by atoms with Crippen molar-refractivity contribution in [2.75, 3.05) is 11.9 Å². The molecule has 0 atom stereocenters. The summed E-state index contributed by atoms with van der Waals surface area (Å²) in [5.41, 5.74) is 4.00. The molecule has 2 aromatic heterocycles. The molecule has 1 aliphatic heterocycles. The van der Waals surface area contributed by atoms with E-state index in [2.05, 4.69) is 27.9 Å². The fraction of sp³-hybridized carbons (Fsp3) is 0.208. The maximum Gasteiger partial charge on any atom is 0.267 e. The van der Waals surface area contributed by atoms with Gasteiger partial charge in [0.05, 0.1) is 11.9 Å². The fourth-order valence-corrected chi connectivity index (χ4v) is 4.00. The number of benzene rings is 2. The first kappa shape index (κ1) is 19.1. The van der Waals surface area contributed by atoms with E-state index in [9.17, 15) is 9.59 Å². The van der Waals surface area contributed by atoms with Gasteiger partial charge in [0.1, 0.15) is 5.69 Å². The third-order valence-electron chi connectivity index (χ3n) is 5.61. The van der Waals surface area contributed by atoms with E-state index in [0.29, 0.717) is 23.5 Å². The molecule has 31 heavy (non-hydrogen) atoms. The summed E-state index contributed by atoms with van der Waals surface area (Å²) in [7, 11) is 0. The standard InChI is InChI=1S/C24H23N5O2/c30-23(27-20-15-26-28(16-20)12-9-17-5-2-1-3-6-17)19-8-7-18-13-22-24(31)25-10-4-11-29(22)21(18)14-19/h1-3,5-8,13-16H,4,9-12H2,(H,25,31)(H,27,30). The Morgan fingerprint density at radius 1 is 1.13 bits per heavy atom. The van der Waals surface area contributed by atoms with Crippen molar-refractivity contribution in [2.45, 2.75) is 25.9 Å². The van der Waals surface area contributed by atoms with Gasteiger partial charge in [-0.2, -0.15) is 5.10 Å². The van der Waals surface area contributed by atoms with Crippen molar-refractivity contribution >= 4 is 28.4 Å². The first-order chi connectivity index (χ1) is 15.2. The second kappa shape index (κ2) is 8.10. The summed E-state index contributed by atoms with van der Waals surface area (Å²) >= 11 is 0. The van der Waals surface area contributed by atoms with Gasteiger partial charge >= 0.3 is 0 Å². The highest BCUT2D eigenvalue weighted by Gasteiger charge is 2.19. The molecule has 5 rings (SSSR count). The van der Waals surface area contributed by atoms with Crippen LogP contribution in [0.15, 0.2) is 67.0 Å². The Morgan fingerprint density at radius 2 is 2.00 bits per heavy atom. The summed E-state index contributed by atoms with van der Waals surface area (Å²) < 4.78 is 3.83. The summed E-state index contributed by atoms with van der Waals surface area (Å²) in [5, 5.41) is 11.1. The summed E-state index contributed by atoms with van der Waals surface area (Å²) in [4.78, 5) is 25.1. The minimum Gasteiger partial charge on any atom is -0.351 e. The Hall–Kier alpha value is -3.87. The van der Waals surface area contributed by atoms with Crippen LogP contribution in [0.3, 0.4) is 0 Å². The van der Waals surface area contributed by atoms with E-state index in [1.165, 1.54) is 5.56 Å². The summed E-state index contributed by atoms with van der Waals surface area (Å²) in [5.74, 6) is -0.263. The Bertz CT molecular complexity index is 1260. The number of amides is 2. The van der Waals surface area contributed by atoms with E-state index in [-0.39, 0.29) is 11.8 Å². The highest BCUT2D eigenvalue weighted by Crippen LogP contribution is 2.24. The van der Waals surface area contributed by atoms with Crippen LogP contribution in [0.2, 0.25) is 0 Å². The zero-order valence-corrected chi connectivity index (χ0v) is 17.0. The first-order valence-corrected chi connectivity index (χ1v) is 10.5. The number of aryl methyl sites for hydroxylation is 3. The number of nitrogens with zero attached hydrogens (tertiary/aromatic N) is 3. The molecule has 0 fully saturated rings. The van der Waals surface area contributed by atoms with Crippen LogP contribution in [0.5, 0.6) is 0 Å². The lowest BCUT2D eigenvalue weighted by Crippen LogP contribution is -2.22. The highest BCUT2D eigenvalue weighted by atomic mass is 16.2. The molecule has 2 N–H and O–H groups in total. The third-order valence-corrected chi connectivity index (χ3v) is 5.61. The predicted octanol–water partition coefficient (Wildman–Crippen LogP) is 3.47. The largest absolute Gasteiger partial charge is 0.351 e. The number of fused-ring (bicyclic) bond motifs is 3. The number of anilines is 1. The quantitative estimate of drug-likeness (QED) is 0.526. The third kappa shape index (κ3) is 3.94. The van der Waals surface area contributed by atoms with Crippen LogP contribution in [-0.2, 0) is 19.5 Å². The molecule has 2 aromatic carbocycles. The minimum atomic E-state index is -0.196. The van der Waals surface area contributed by atoms with E-state index in [4.69, 9.17) is 0 Å². The molecule has 3 heterocycles. The van der Waals surface area contributed by atoms with Gasteiger partial charge in [-0.05, 0) is 36.6 Å². The smallest absolute Gasteiger partial charge is 0.267 e. The molecule has 0 saturated heterocycles. The number of hydrogen-bond donors (Lipinski definition) is 2. The van der Waals surface area contributed by atoms with Gasteiger partial charge in [0.2, 0.25) is 0 Å². The SMILES string of the molecule is O=C(Nc1cnn(CCc2ccccc2)c1)c1ccc2cc3n(c2c1)CCCNC3=O. The number of nitrogens with one attached hydrogen (secondary N) is 2. The van der Waals surface area contributed by atoms with E-state index in [0.717, 1.165) is 36.8 Å². The van der Waals surface area contributed by atoms with Crippen molar-refractivity contribution < 1.29 is 9.59 Å². The molecule has 7 nitrogen and oxygen atoms in total. The molecular formula is C24H23N5O2. The van der Waals surface area contributed by atoms with Gasteiger partial charge < -0.3 is 15.2 Å². The maximum absolute atomic E-state index is 12.8. The number of carbonyl (C=O) groups excluding carboxylic acids is 2. The van der Waals surface area contributed by atoms with Crippen LogP contribution < -0.4 is 10.6 Å². The summed E-state index contributed by atoms with van der Waals surface area (Å²) in [6, 6.07) is 17.7. The van der Waals surface area contributed by atoms with Gasteiger partial charge in [-0.3, -0.25) is 14.3 Å². The molecule has 4 aromatic rings. The van der Waals surface area contributed by atoms with Gasteiger partial charge in [-0.25, -0.2) is 0 Å². The van der Waals surface area contributed by atoms with E-state index in [1.807, 2.05) is 51.8 Å². The molecule has 0 radical (unpaired) electrons. The Kier molecular flexibility index (Phi) is 5.00. The molecular weight excluding hydrogens is 390 g/mol. The first-order valence-electron chi connectivity index (χ1n) is 10.5. The molecule has 0 unspecified atom stereocenters. The van der Waals surface area contributed by atoms with E-state index >= 15 is 0 Å². The maximum atomic E-state index is 12.8. The topological polar surface area (TPSA) is 81.0 Å². The van der Waals surface area contributed by atoms with Gasteiger partial charge in [0, 0.05) is 42.3 Å². The number of rotatable bonds is 5. The number of carbonyl (C=O) groups is 2. The molecule has 0 saturated carbocycles. The molecule has 7 heteroatoms. The molecule has 0 aliphatic carbocycles. The van der Waals surface area contributed by atoms with Gasteiger partial charge in [0.25, 0.3) is 11.8 Å². The molecule has 156 valence electrons. The lowest BCUT2D eigenvalue weighted by atomic mass is 10.1. The zero-order chi connectivity index (χ0) is 21.2. The van der Waals surface area contributed by atoms with Crippen molar-refractivity contribution in [1.29, 1.82) is 0 Å². The van der Waals surface area contributed by atoms with Gasteiger partial charge in [0.15, 0.2) is 0 Å². The average molecular weight is 413 g/mol. The van der Waals surface area contributed by atoms with Crippen LogP contribution in [0.1, 0.15) is 32.8 Å². The van der Waals surface area contributed by atoms with Crippen molar-refractivity contribution in [3.63, 3.8) is 0 Å². The monoisotopic (exact) mass is 413 g/mol. The van der Waals surface area contributed by atoms with E-state index in [1.54, 1.807) is 12.3 Å². The predicted molar refractivity (Wildman–Crippen MR) is 119 cm³/mol. The van der Waals surface area contributed by atoms with Crippen LogP contribution >= 0.6 is 0 Å². The second-order valence-electron chi connectivity index (χ2n) is 7.75. The summed E-state index contributed by atoms with van der Waals surface area (Å²) in [6.45, 7) is 2.15. The lowest BCUT2D eigenvalue weighted by Gasteiger charge is -2.07. The highest BCUT2D eigenvalue weighted by molar-refractivity contribution is 6.07. The average Bonchev–Trinajstić information content (AvgIpc) is 3.34. The van der Waals surface area contributed by atoms with Gasteiger partial charge in [-0.15, -0.1) is 0 Å². The molecule has 0 bridgehead atoms. The van der Waals surface area contributed by atoms with Crippen molar-refractivity contribution in [2.24, 2.45) is 0 Å². The van der Waals surface area contributed by atoms with Gasteiger partial charge in [-0.1, -0.05) is 36.4 Å². The Balaban J connectivity index is 1.31. The van der Waals surface area contributed by atoms with Crippen molar-refractivity contribution in [3.05, 3.63) is 83.8 Å². The second-order valence-corrected chi connectivity index (χ2v) is 7.75. The fourth-order valence-electron chi connectivity index (χ4n) is 4.00. The van der Waals surface area contributed by atoms with Crippen LogP contribution in [0.4, 0.5) is 5.69 Å². The summed E-state index contributed by atoms with van der Waals surface area (Å²) in [6.07, 6.45) is 5.24. The van der Waals surface area contributed by atoms with E-state index < -0.39 is 0 Å². The zero-order valence-electron chi connectivity index (χ0n) is 17.0.